The van der Waals surface area contributed by atoms with Crippen molar-refractivity contribution < 1.29 is 18.7 Å². The fourth-order valence-corrected chi connectivity index (χ4v) is 3.43. The molecule has 1 N–H and O–H groups in total. The second kappa shape index (κ2) is 9.22. The van der Waals surface area contributed by atoms with Gasteiger partial charge in [0.15, 0.2) is 5.78 Å². The number of methoxy groups -OCH3 is 2. The Bertz CT molecular complexity index is 1140. The largest absolute Gasteiger partial charge is 0.497 e. The Labute approximate surface area is 181 Å². The highest BCUT2D eigenvalue weighted by atomic mass is 16.5. The Morgan fingerprint density at radius 3 is 2.13 bits per heavy atom. The summed E-state index contributed by atoms with van der Waals surface area (Å²) >= 11 is 0. The summed E-state index contributed by atoms with van der Waals surface area (Å²) in [6.45, 7) is 0.496. The van der Waals surface area contributed by atoms with Crippen LogP contribution in [0.2, 0.25) is 0 Å². The van der Waals surface area contributed by atoms with E-state index in [4.69, 9.17) is 13.9 Å². The zero-order chi connectivity index (χ0) is 21.6. The number of ether oxygens (including phenoxy) is 2. The lowest BCUT2D eigenvalue weighted by Gasteiger charge is -2.16. The highest BCUT2D eigenvalue weighted by molar-refractivity contribution is 6.14. The number of nitrogens with one attached hydrogen (secondary N) is 1. The van der Waals surface area contributed by atoms with Crippen LogP contribution in [-0.4, -0.2) is 20.0 Å². The van der Waals surface area contributed by atoms with Crippen molar-refractivity contribution in [2.24, 2.45) is 0 Å². The van der Waals surface area contributed by atoms with Crippen molar-refractivity contribution in [1.29, 1.82) is 0 Å². The van der Waals surface area contributed by atoms with E-state index in [1.807, 2.05) is 54.6 Å². The average Bonchev–Trinajstić information content (AvgIpc) is 3.52. The molecule has 5 heteroatoms. The highest BCUT2D eigenvalue weighted by Crippen LogP contribution is 2.31. The van der Waals surface area contributed by atoms with Crippen molar-refractivity contribution >= 4 is 11.5 Å². The third-order valence-electron chi connectivity index (χ3n) is 5.08. The van der Waals surface area contributed by atoms with Gasteiger partial charge in [0.2, 0.25) is 0 Å². The van der Waals surface area contributed by atoms with Gasteiger partial charge in [-0.05, 0) is 66.2 Å². The maximum Gasteiger partial charge on any atom is 0.193 e. The molecule has 0 atom stereocenters. The van der Waals surface area contributed by atoms with Gasteiger partial charge < -0.3 is 19.2 Å². The molecular weight excluding hydrogens is 390 g/mol. The van der Waals surface area contributed by atoms with Gasteiger partial charge in [-0.1, -0.05) is 18.2 Å². The van der Waals surface area contributed by atoms with Crippen LogP contribution in [0.15, 0.2) is 101 Å². The maximum atomic E-state index is 13.3. The number of hydrogen-bond donors (Lipinski definition) is 1. The number of benzene rings is 2. The molecule has 0 fully saturated rings. The molecule has 0 saturated carbocycles. The quantitative estimate of drug-likeness (QED) is 0.516. The predicted octanol–water partition coefficient (Wildman–Crippen LogP) is 5.18. The van der Waals surface area contributed by atoms with E-state index in [0.29, 0.717) is 23.4 Å². The molecule has 5 nitrogen and oxygen atoms in total. The number of hydrogen-bond acceptors (Lipinski definition) is 5. The minimum absolute atomic E-state index is 0.0477. The summed E-state index contributed by atoms with van der Waals surface area (Å²) in [5.41, 5.74) is 3.86. The SMILES string of the molecule is COc1ccc(C(=O)C2=CC=CC2=C(NCc2ccco2)c2ccc(OC)cc2)cc1. The first-order valence-corrected chi connectivity index (χ1v) is 9.92. The van der Waals surface area contributed by atoms with E-state index < -0.39 is 0 Å². The molecule has 1 aromatic heterocycles. The Kier molecular flexibility index (Phi) is 6.03. The van der Waals surface area contributed by atoms with Gasteiger partial charge in [-0.3, -0.25) is 4.79 Å². The van der Waals surface area contributed by atoms with Gasteiger partial charge in [0.1, 0.15) is 17.3 Å². The number of rotatable bonds is 8. The first-order valence-electron chi connectivity index (χ1n) is 9.92. The summed E-state index contributed by atoms with van der Waals surface area (Å²) < 4.78 is 16.0. The van der Waals surface area contributed by atoms with E-state index in [9.17, 15) is 4.79 Å². The molecule has 0 aliphatic heterocycles. The molecule has 156 valence electrons. The van der Waals surface area contributed by atoms with Crippen LogP contribution in [0.1, 0.15) is 21.7 Å². The molecule has 0 radical (unpaired) electrons. The maximum absolute atomic E-state index is 13.3. The molecule has 1 aliphatic carbocycles. The number of carbonyl (C=O) groups is 1. The topological polar surface area (TPSA) is 60.7 Å². The summed E-state index contributed by atoms with van der Waals surface area (Å²) in [5.74, 6) is 2.24. The molecule has 0 saturated heterocycles. The third kappa shape index (κ3) is 4.46. The third-order valence-corrected chi connectivity index (χ3v) is 5.08. The molecule has 1 aliphatic rings. The van der Waals surface area contributed by atoms with E-state index in [1.165, 1.54) is 0 Å². The molecule has 1 heterocycles. The Hall–Kier alpha value is -3.99. The van der Waals surface area contributed by atoms with E-state index in [2.05, 4.69) is 5.32 Å². The van der Waals surface area contributed by atoms with Gasteiger partial charge in [-0.15, -0.1) is 0 Å². The van der Waals surface area contributed by atoms with Crippen molar-refractivity contribution in [2.75, 3.05) is 14.2 Å². The van der Waals surface area contributed by atoms with Gasteiger partial charge in [0.05, 0.1) is 27.0 Å². The van der Waals surface area contributed by atoms with Crippen molar-refractivity contribution in [2.45, 2.75) is 6.54 Å². The van der Waals surface area contributed by atoms with E-state index in [1.54, 1.807) is 44.7 Å². The molecule has 0 spiro atoms. The van der Waals surface area contributed by atoms with Crippen LogP contribution in [-0.2, 0) is 6.54 Å². The number of carbonyl (C=O) groups excluding carboxylic acids is 1. The fourth-order valence-electron chi connectivity index (χ4n) is 3.43. The normalized spacial score (nSPS) is 14.2. The minimum Gasteiger partial charge on any atom is -0.497 e. The first kappa shape index (κ1) is 20.3. The predicted molar refractivity (Wildman–Crippen MR) is 120 cm³/mol. The van der Waals surface area contributed by atoms with E-state index >= 15 is 0 Å². The molecule has 3 aromatic rings. The number of allylic oxidation sites excluding steroid dienone is 5. The zero-order valence-corrected chi connectivity index (χ0v) is 17.4. The van der Waals surface area contributed by atoms with Crippen molar-refractivity contribution in [3.63, 3.8) is 0 Å². The van der Waals surface area contributed by atoms with Crippen LogP contribution in [0.25, 0.3) is 5.70 Å². The Morgan fingerprint density at radius 1 is 0.903 bits per heavy atom. The monoisotopic (exact) mass is 413 g/mol. The van der Waals surface area contributed by atoms with Gasteiger partial charge >= 0.3 is 0 Å². The van der Waals surface area contributed by atoms with Gasteiger partial charge in [0, 0.05) is 22.4 Å². The van der Waals surface area contributed by atoms with Gasteiger partial charge in [-0.25, -0.2) is 0 Å². The molecule has 0 unspecified atom stereocenters. The summed E-state index contributed by atoms with van der Waals surface area (Å²) in [6.07, 6.45) is 7.33. The smallest absolute Gasteiger partial charge is 0.193 e. The van der Waals surface area contributed by atoms with Crippen LogP contribution < -0.4 is 14.8 Å². The molecule has 4 rings (SSSR count). The van der Waals surface area contributed by atoms with Crippen molar-refractivity contribution in [1.82, 2.24) is 5.32 Å². The van der Waals surface area contributed by atoms with Crippen LogP contribution in [0.3, 0.4) is 0 Å². The summed E-state index contributed by atoms with van der Waals surface area (Å²) in [4.78, 5) is 13.3. The van der Waals surface area contributed by atoms with Crippen LogP contribution >= 0.6 is 0 Å². The van der Waals surface area contributed by atoms with Crippen molar-refractivity contribution in [3.05, 3.63) is 113 Å². The molecular formula is C26H23NO4. The lowest BCUT2D eigenvalue weighted by Crippen LogP contribution is -2.15. The second-order valence-corrected chi connectivity index (χ2v) is 6.95. The molecule has 0 bridgehead atoms. The lowest BCUT2D eigenvalue weighted by molar-refractivity contribution is 0.103. The van der Waals surface area contributed by atoms with Gasteiger partial charge in [-0.2, -0.15) is 0 Å². The number of Topliss-reactive ketones (excluding diaryl/α,β-unsaturated/α-hetero) is 1. The summed E-state index contributed by atoms with van der Waals surface area (Å²) in [6, 6.07) is 18.6. The number of furan rings is 1. The second-order valence-electron chi connectivity index (χ2n) is 6.95. The molecule has 31 heavy (non-hydrogen) atoms. The minimum atomic E-state index is -0.0477. The highest BCUT2D eigenvalue weighted by Gasteiger charge is 2.22. The summed E-state index contributed by atoms with van der Waals surface area (Å²) in [5, 5.41) is 3.45. The Morgan fingerprint density at radius 2 is 1.55 bits per heavy atom. The van der Waals surface area contributed by atoms with E-state index in [0.717, 1.165) is 28.3 Å². The first-order chi connectivity index (χ1) is 15.2. The Balaban J connectivity index is 1.70. The van der Waals surface area contributed by atoms with Crippen LogP contribution in [0.4, 0.5) is 0 Å². The summed E-state index contributed by atoms with van der Waals surface area (Å²) in [7, 11) is 3.24. The molecule has 0 amide bonds. The fraction of sp³-hybridized carbons (Fsp3) is 0.115. The van der Waals surface area contributed by atoms with Crippen molar-refractivity contribution in [3.8, 4) is 11.5 Å². The molecule has 2 aromatic carbocycles. The van der Waals surface area contributed by atoms with Crippen LogP contribution in [0.5, 0.6) is 11.5 Å². The van der Waals surface area contributed by atoms with Gasteiger partial charge in [0.25, 0.3) is 0 Å². The van der Waals surface area contributed by atoms with E-state index in [-0.39, 0.29) is 5.78 Å². The standard InChI is InChI=1S/C26H23NO4/c1-29-20-12-8-18(9-13-20)25(27-17-22-5-4-16-31-22)23-6-3-7-24(23)26(28)19-10-14-21(30-2)15-11-19/h3-16,27H,17H2,1-2H3. The lowest BCUT2D eigenvalue weighted by atomic mass is 9.95. The number of ketones is 1. The van der Waals surface area contributed by atoms with Crippen LogP contribution in [0, 0.1) is 0 Å². The zero-order valence-electron chi connectivity index (χ0n) is 17.4. The average molecular weight is 413 g/mol.